The zero-order valence-corrected chi connectivity index (χ0v) is 9.25. The van der Waals surface area contributed by atoms with Crippen LogP contribution in [0.2, 0.25) is 0 Å². The van der Waals surface area contributed by atoms with Gasteiger partial charge in [-0.3, -0.25) is 0 Å². The summed E-state index contributed by atoms with van der Waals surface area (Å²) in [5.74, 6) is -0.0872. The number of aliphatic hydroxyl groups excluding tert-OH is 1. The van der Waals surface area contributed by atoms with E-state index in [9.17, 15) is 18.3 Å². The topological polar surface area (TPSA) is 23.5 Å². The molecule has 0 atom stereocenters. The van der Waals surface area contributed by atoms with E-state index < -0.39 is 11.7 Å². The van der Waals surface area contributed by atoms with Gasteiger partial charge in [-0.1, -0.05) is 0 Å². The number of likely N-dealkylation sites (N-methyl/N-ethyl adjacent to an activating group) is 1. The molecule has 0 amide bonds. The summed E-state index contributed by atoms with van der Waals surface area (Å²) in [6.07, 6.45) is -2.87. The Kier molecular flexibility index (Phi) is 2.77. The van der Waals surface area contributed by atoms with Crippen LogP contribution in [0, 0.1) is 0 Å². The molecule has 2 nitrogen and oxygen atoms in total. The first-order chi connectivity index (χ1) is 7.93. The minimum atomic E-state index is -4.39. The van der Waals surface area contributed by atoms with Gasteiger partial charge in [0.1, 0.15) is 5.76 Å². The van der Waals surface area contributed by atoms with Crippen molar-refractivity contribution in [3.8, 4) is 0 Å². The van der Waals surface area contributed by atoms with Crippen LogP contribution in [0.1, 0.15) is 18.1 Å². The Morgan fingerprint density at radius 3 is 2.65 bits per heavy atom. The zero-order valence-electron chi connectivity index (χ0n) is 9.25. The van der Waals surface area contributed by atoms with Crippen molar-refractivity contribution in [3.63, 3.8) is 0 Å². The summed E-state index contributed by atoms with van der Waals surface area (Å²) in [6, 6.07) is 3.44. The van der Waals surface area contributed by atoms with Gasteiger partial charge in [-0.25, -0.2) is 0 Å². The minimum Gasteiger partial charge on any atom is -0.508 e. The number of rotatable bonds is 1. The van der Waals surface area contributed by atoms with Gasteiger partial charge in [0, 0.05) is 24.3 Å². The van der Waals surface area contributed by atoms with Crippen LogP contribution < -0.4 is 4.90 Å². The van der Waals surface area contributed by atoms with Gasteiger partial charge in [-0.15, -0.1) is 0 Å². The third-order valence-electron chi connectivity index (χ3n) is 2.83. The molecule has 0 unspecified atom stereocenters. The molecule has 1 aromatic rings. The smallest absolute Gasteiger partial charge is 0.416 e. The number of hydrogen-bond acceptors (Lipinski definition) is 2. The lowest BCUT2D eigenvalue weighted by Gasteiger charge is -2.28. The zero-order chi connectivity index (χ0) is 12.6. The van der Waals surface area contributed by atoms with Gasteiger partial charge < -0.3 is 10.0 Å². The number of anilines is 1. The fourth-order valence-electron chi connectivity index (χ4n) is 1.90. The van der Waals surface area contributed by atoms with Crippen LogP contribution >= 0.6 is 0 Å². The van der Waals surface area contributed by atoms with Crippen molar-refractivity contribution in [3.05, 3.63) is 35.4 Å². The van der Waals surface area contributed by atoms with Crippen LogP contribution in [0.4, 0.5) is 18.9 Å². The summed E-state index contributed by atoms with van der Waals surface area (Å²) in [7, 11) is 0. The van der Waals surface area contributed by atoms with Crippen molar-refractivity contribution < 1.29 is 18.3 Å². The van der Waals surface area contributed by atoms with Crippen LogP contribution in [0.5, 0.6) is 0 Å². The highest BCUT2D eigenvalue weighted by Gasteiger charge is 2.32. The van der Waals surface area contributed by atoms with E-state index in [0.29, 0.717) is 18.8 Å². The Labute approximate surface area is 97.0 Å². The van der Waals surface area contributed by atoms with Crippen molar-refractivity contribution in [2.45, 2.75) is 13.1 Å². The van der Waals surface area contributed by atoms with E-state index in [-0.39, 0.29) is 11.3 Å². The van der Waals surface area contributed by atoms with Gasteiger partial charge >= 0.3 is 6.18 Å². The predicted molar refractivity (Wildman–Crippen MR) is 59.9 cm³/mol. The summed E-state index contributed by atoms with van der Waals surface area (Å²) >= 11 is 0. The second kappa shape index (κ2) is 3.98. The molecule has 5 heteroatoms. The number of fused-ring (bicyclic) bond motifs is 1. The van der Waals surface area contributed by atoms with Gasteiger partial charge in [0.05, 0.1) is 5.56 Å². The van der Waals surface area contributed by atoms with Crippen LogP contribution in [0.3, 0.4) is 0 Å². The molecule has 0 saturated carbocycles. The molecule has 0 radical (unpaired) electrons. The lowest BCUT2D eigenvalue weighted by Crippen LogP contribution is -2.27. The van der Waals surface area contributed by atoms with Crippen LogP contribution in [0.15, 0.2) is 24.3 Å². The second-order valence-corrected chi connectivity index (χ2v) is 3.86. The van der Waals surface area contributed by atoms with E-state index >= 15 is 0 Å². The van der Waals surface area contributed by atoms with Gasteiger partial charge in [-0.2, -0.15) is 13.2 Å². The number of benzene rings is 1. The first-order valence-corrected chi connectivity index (χ1v) is 5.29. The number of nitrogens with zero attached hydrogens (tertiary/aromatic N) is 1. The molecule has 0 bridgehead atoms. The molecule has 2 rings (SSSR count). The highest BCUT2D eigenvalue weighted by Crippen LogP contribution is 2.36. The third kappa shape index (κ3) is 2.09. The molecule has 0 aromatic heterocycles. The van der Waals surface area contributed by atoms with Crippen LogP contribution in [-0.2, 0) is 6.18 Å². The Bertz CT molecular complexity index is 465. The summed E-state index contributed by atoms with van der Waals surface area (Å²) in [6.45, 7) is 3.11. The number of aliphatic hydroxyl groups is 1. The van der Waals surface area contributed by atoms with E-state index in [1.807, 2.05) is 11.8 Å². The van der Waals surface area contributed by atoms with Gasteiger partial charge in [0.15, 0.2) is 0 Å². The largest absolute Gasteiger partial charge is 0.508 e. The van der Waals surface area contributed by atoms with E-state index in [4.69, 9.17) is 0 Å². The quantitative estimate of drug-likeness (QED) is 0.816. The Balaban J connectivity index is 2.52. The lowest BCUT2D eigenvalue weighted by atomic mass is 10.0. The molecule has 1 aliphatic rings. The third-order valence-corrected chi connectivity index (χ3v) is 2.83. The molecule has 92 valence electrons. The van der Waals surface area contributed by atoms with Gasteiger partial charge in [0.2, 0.25) is 0 Å². The average molecular weight is 243 g/mol. The van der Waals surface area contributed by atoms with Crippen molar-refractivity contribution in [1.29, 1.82) is 0 Å². The molecule has 1 heterocycles. The predicted octanol–water partition coefficient (Wildman–Crippen LogP) is 3.44. The van der Waals surface area contributed by atoms with E-state index in [1.165, 1.54) is 12.1 Å². The normalized spacial score (nSPS) is 15.5. The van der Waals surface area contributed by atoms with E-state index in [1.54, 1.807) is 0 Å². The molecule has 0 fully saturated rings. The Morgan fingerprint density at radius 1 is 1.35 bits per heavy atom. The van der Waals surface area contributed by atoms with Crippen molar-refractivity contribution in [2.24, 2.45) is 0 Å². The maximum absolute atomic E-state index is 12.5. The molecule has 0 saturated heterocycles. The monoisotopic (exact) mass is 243 g/mol. The molecule has 17 heavy (non-hydrogen) atoms. The summed E-state index contributed by atoms with van der Waals surface area (Å²) in [4.78, 5) is 1.90. The van der Waals surface area contributed by atoms with Crippen LogP contribution in [0.25, 0.3) is 5.76 Å². The molecule has 1 N–H and O–H groups in total. The average Bonchev–Trinajstić information content (AvgIpc) is 2.28. The summed E-state index contributed by atoms with van der Waals surface area (Å²) in [5, 5.41) is 9.63. The molecular formula is C12H12F3NO. The Morgan fingerprint density at radius 2 is 2.06 bits per heavy atom. The van der Waals surface area contributed by atoms with Gasteiger partial charge in [-0.05, 0) is 31.2 Å². The molecule has 1 aromatic carbocycles. The summed E-state index contributed by atoms with van der Waals surface area (Å²) in [5.41, 5.74) is 0.141. The SMILES string of the molecule is CCN1CC=C(O)c2cc(C(F)(F)F)ccc21. The molecule has 0 aliphatic carbocycles. The minimum absolute atomic E-state index is 0.0872. The fourth-order valence-corrected chi connectivity index (χ4v) is 1.90. The number of hydrogen-bond donors (Lipinski definition) is 1. The van der Waals surface area contributed by atoms with Crippen molar-refractivity contribution in [1.82, 2.24) is 0 Å². The maximum atomic E-state index is 12.5. The van der Waals surface area contributed by atoms with Gasteiger partial charge in [0.25, 0.3) is 0 Å². The Hall–Kier alpha value is -1.65. The highest BCUT2D eigenvalue weighted by atomic mass is 19.4. The highest BCUT2D eigenvalue weighted by molar-refractivity contribution is 5.76. The standard InChI is InChI=1S/C12H12F3NO/c1-2-16-6-5-11(17)9-7-8(12(13,14)15)3-4-10(9)16/h3-5,7,17H,2,6H2,1H3. The molecule has 1 aliphatic heterocycles. The fraction of sp³-hybridized carbons (Fsp3) is 0.333. The molecular weight excluding hydrogens is 231 g/mol. The maximum Gasteiger partial charge on any atom is 0.416 e. The number of alkyl halides is 3. The first kappa shape index (κ1) is 11.8. The van der Waals surface area contributed by atoms with Crippen molar-refractivity contribution >= 4 is 11.4 Å². The lowest BCUT2D eigenvalue weighted by molar-refractivity contribution is -0.137. The second-order valence-electron chi connectivity index (χ2n) is 3.86. The van der Waals surface area contributed by atoms with Crippen molar-refractivity contribution in [2.75, 3.05) is 18.0 Å². The summed E-state index contributed by atoms with van der Waals surface area (Å²) < 4.78 is 37.6. The molecule has 0 spiro atoms. The first-order valence-electron chi connectivity index (χ1n) is 5.29. The van der Waals surface area contributed by atoms with E-state index in [2.05, 4.69) is 0 Å². The number of halogens is 3. The van der Waals surface area contributed by atoms with Crippen LogP contribution in [-0.4, -0.2) is 18.2 Å². The van der Waals surface area contributed by atoms with E-state index in [0.717, 1.165) is 12.1 Å².